The van der Waals surface area contributed by atoms with Gasteiger partial charge in [-0.25, -0.2) is 0 Å². The molecule has 0 aromatic rings. The summed E-state index contributed by atoms with van der Waals surface area (Å²) in [6.07, 6.45) is 5.51. The van der Waals surface area contributed by atoms with Gasteiger partial charge in [-0.2, -0.15) is 0 Å². The Kier molecular flexibility index (Phi) is 3.59. The van der Waals surface area contributed by atoms with Crippen molar-refractivity contribution < 1.29 is 9.90 Å². The molecule has 2 rings (SSSR count). The molecule has 86 valence electrons. The number of hydrogen-bond donors (Lipinski definition) is 3. The van der Waals surface area contributed by atoms with E-state index < -0.39 is 5.97 Å². The minimum Gasteiger partial charge on any atom is -0.480 e. The summed E-state index contributed by atoms with van der Waals surface area (Å²) in [5, 5.41) is 15.5. The van der Waals surface area contributed by atoms with Gasteiger partial charge in [-0.15, -0.1) is 0 Å². The van der Waals surface area contributed by atoms with E-state index in [-0.39, 0.29) is 6.04 Å². The van der Waals surface area contributed by atoms with E-state index in [1.807, 2.05) is 0 Å². The molecule has 0 spiro atoms. The van der Waals surface area contributed by atoms with Gasteiger partial charge in [-0.3, -0.25) is 4.79 Å². The SMILES string of the molecule is O=C(O)C1CCC(CC2CCCNC2)N1. The zero-order valence-corrected chi connectivity index (χ0v) is 9.04. The molecule has 0 bridgehead atoms. The number of aliphatic carboxylic acids is 1. The first kappa shape index (κ1) is 10.9. The zero-order valence-electron chi connectivity index (χ0n) is 9.04. The van der Waals surface area contributed by atoms with Crippen molar-refractivity contribution in [2.75, 3.05) is 13.1 Å². The minimum atomic E-state index is -0.695. The second-order valence-electron chi connectivity index (χ2n) is 4.78. The summed E-state index contributed by atoms with van der Waals surface area (Å²) in [6, 6.07) is 0.127. The molecule has 3 atom stereocenters. The largest absolute Gasteiger partial charge is 0.480 e. The van der Waals surface area contributed by atoms with Gasteiger partial charge in [-0.05, 0) is 51.1 Å². The van der Waals surface area contributed by atoms with Crippen LogP contribution < -0.4 is 10.6 Å². The van der Waals surface area contributed by atoms with Crippen LogP contribution in [-0.4, -0.2) is 36.2 Å². The lowest BCUT2D eigenvalue weighted by Crippen LogP contribution is -2.38. The van der Waals surface area contributed by atoms with Crippen LogP contribution in [0, 0.1) is 5.92 Å². The van der Waals surface area contributed by atoms with E-state index in [0.29, 0.717) is 6.04 Å². The molecule has 0 aliphatic carbocycles. The average Bonchev–Trinajstić information content (AvgIpc) is 2.68. The Balaban J connectivity index is 1.74. The van der Waals surface area contributed by atoms with E-state index >= 15 is 0 Å². The van der Waals surface area contributed by atoms with Crippen LogP contribution in [0.15, 0.2) is 0 Å². The highest BCUT2D eigenvalue weighted by atomic mass is 16.4. The van der Waals surface area contributed by atoms with Crippen molar-refractivity contribution in [3.8, 4) is 0 Å². The Labute approximate surface area is 90.4 Å². The van der Waals surface area contributed by atoms with Gasteiger partial charge < -0.3 is 15.7 Å². The lowest BCUT2D eigenvalue weighted by Gasteiger charge is -2.25. The summed E-state index contributed by atoms with van der Waals surface area (Å²) in [5.74, 6) is 0.0445. The van der Waals surface area contributed by atoms with Crippen LogP contribution in [0.3, 0.4) is 0 Å². The van der Waals surface area contributed by atoms with Crippen molar-refractivity contribution >= 4 is 5.97 Å². The first-order valence-electron chi connectivity index (χ1n) is 5.95. The van der Waals surface area contributed by atoms with E-state index in [1.165, 1.54) is 12.8 Å². The molecule has 4 heteroatoms. The third-order valence-electron chi connectivity index (χ3n) is 3.56. The number of hydrogen-bond acceptors (Lipinski definition) is 3. The monoisotopic (exact) mass is 212 g/mol. The van der Waals surface area contributed by atoms with Gasteiger partial charge in [0.1, 0.15) is 6.04 Å². The van der Waals surface area contributed by atoms with E-state index in [2.05, 4.69) is 10.6 Å². The molecule has 0 radical (unpaired) electrons. The number of carbonyl (C=O) groups is 1. The fraction of sp³-hybridized carbons (Fsp3) is 0.909. The highest BCUT2D eigenvalue weighted by Gasteiger charge is 2.30. The minimum absolute atomic E-state index is 0.299. The van der Waals surface area contributed by atoms with Gasteiger partial charge >= 0.3 is 5.97 Å². The van der Waals surface area contributed by atoms with Crippen LogP contribution in [0.2, 0.25) is 0 Å². The predicted octanol–water partition coefficient (Wildman–Crippen LogP) is 0.581. The molecule has 0 aromatic heterocycles. The molecule has 3 unspecified atom stereocenters. The first-order chi connectivity index (χ1) is 7.25. The van der Waals surface area contributed by atoms with Crippen molar-refractivity contribution in [2.24, 2.45) is 5.92 Å². The Bertz CT molecular complexity index is 227. The zero-order chi connectivity index (χ0) is 10.7. The van der Waals surface area contributed by atoms with Crippen LogP contribution in [0.5, 0.6) is 0 Å². The highest BCUT2D eigenvalue weighted by Crippen LogP contribution is 2.22. The van der Waals surface area contributed by atoms with Crippen molar-refractivity contribution in [3.63, 3.8) is 0 Å². The van der Waals surface area contributed by atoms with Crippen LogP contribution >= 0.6 is 0 Å². The number of piperidine rings is 1. The molecular weight excluding hydrogens is 192 g/mol. The van der Waals surface area contributed by atoms with Gasteiger partial charge in [0.15, 0.2) is 0 Å². The fourth-order valence-electron chi connectivity index (χ4n) is 2.73. The van der Waals surface area contributed by atoms with E-state index in [0.717, 1.165) is 38.3 Å². The molecule has 4 nitrogen and oxygen atoms in total. The van der Waals surface area contributed by atoms with Crippen molar-refractivity contribution in [1.82, 2.24) is 10.6 Å². The molecule has 15 heavy (non-hydrogen) atoms. The van der Waals surface area contributed by atoms with E-state index in [1.54, 1.807) is 0 Å². The van der Waals surface area contributed by atoms with Crippen molar-refractivity contribution in [3.05, 3.63) is 0 Å². The molecule has 2 fully saturated rings. The lowest BCUT2D eigenvalue weighted by atomic mass is 9.92. The Morgan fingerprint density at radius 1 is 1.33 bits per heavy atom. The predicted molar refractivity (Wildman–Crippen MR) is 57.8 cm³/mol. The number of carboxylic acids is 1. The number of carboxylic acid groups (broad SMARTS) is 1. The first-order valence-corrected chi connectivity index (χ1v) is 5.95. The van der Waals surface area contributed by atoms with Crippen molar-refractivity contribution in [1.29, 1.82) is 0 Å². The van der Waals surface area contributed by atoms with Gasteiger partial charge in [0, 0.05) is 6.04 Å². The van der Waals surface area contributed by atoms with Crippen LogP contribution in [-0.2, 0) is 4.79 Å². The van der Waals surface area contributed by atoms with Crippen LogP contribution in [0.25, 0.3) is 0 Å². The van der Waals surface area contributed by atoms with Gasteiger partial charge in [0.05, 0.1) is 0 Å². The molecule has 3 N–H and O–H groups in total. The second kappa shape index (κ2) is 4.94. The van der Waals surface area contributed by atoms with Gasteiger partial charge in [-0.1, -0.05) is 0 Å². The summed E-state index contributed by atoms with van der Waals surface area (Å²) in [4.78, 5) is 10.8. The summed E-state index contributed by atoms with van der Waals surface area (Å²) in [6.45, 7) is 2.25. The molecule has 2 saturated heterocycles. The summed E-state index contributed by atoms with van der Waals surface area (Å²) >= 11 is 0. The third kappa shape index (κ3) is 2.92. The Hall–Kier alpha value is -0.610. The van der Waals surface area contributed by atoms with Gasteiger partial charge in [0.25, 0.3) is 0 Å². The molecule has 0 amide bonds. The van der Waals surface area contributed by atoms with Crippen molar-refractivity contribution in [2.45, 2.75) is 44.2 Å². The molecule has 2 heterocycles. The van der Waals surface area contributed by atoms with E-state index in [4.69, 9.17) is 5.11 Å². The maximum Gasteiger partial charge on any atom is 0.320 e. The van der Waals surface area contributed by atoms with E-state index in [9.17, 15) is 4.79 Å². The maximum atomic E-state index is 10.8. The summed E-state index contributed by atoms with van der Waals surface area (Å²) in [7, 11) is 0. The molecule has 2 aliphatic heterocycles. The van der Waals surface area contributed by atoms with Crippen LogP contribution in [0.4, 0.5) is 0 Å². The second-order valence-corrected chi connectivity index (χ2v) is 4.78. The number of rotatable bonds is 3. The quantitative estimate of drug-likeness (QED) is 0.640. The summed E-state index contributed by atoms with van der Waals surface area (Å²) < 4.78 is 0. The Morgan fingerprint density at radius 2 is 2.20 bits per heavy atom. The average molecular weight is 212 g/mol. The standard InChI is InChI=1S/C11H20N2O2/c14-11(15)10-4-3-9(13-10)6-8-2-1-5-12-7-8/h8-10,12-13H,1-7H2,(H,14,15). The topological polar surface area (TPSA) is 61.4 Å². The van der Waals surface area contributed by atoms with Gasteiger partial charge in [0.2, 0.25) is 0 Å². The smallest absolute Gasteiger partial charge is 0.320 e. The molecular formula is C11H20N2O2. The maximum absolute atomic E-state index is 10.8. The molecule has 2 aliphatic rings. The normalized spacial score (nSPS) is 36.7. The summed E-state index contributed by atoms with van der Waals surface area (Å²) in [5.41, 5.74) is 0. The molecule has 0 aromatic carbocycles. The molecule has 0 saturated carbocycles. The Morgan fingerprint density at radius 3 is 2.80 bits per heavy atom. The highest BCUT2D eigenvalue weighted by molar-refractivity contribution is 5.73. The number of nitrogens with one attached hydrogen (secondary N) is 2. The lowest BCUT2D eigenvalue weighted by molar-refractivity contribution is -0.139. The van der Waals surface area contributed by atoms with Crippen LogP contribution in [0.1, 0.15) is 32.1 Å². The third-order valence-corrected chi connectivity index (χ3v) is 3.56. The fourth-order valence-corrected chi connectivity index (χ4v) is 2.73.